The highest BCUT2D eigenvalue weighted by atomic mass is 35.5. The molecular formula is C14H12ClFN2S. The van der Waals surface area contributed by atoms with Gasteiger partial charge >= 0.3 is 0 Å². The second kappa shape index (κ2) is 5.55. The van der Waals surface area contributed by atoms with Crippen molar-refractivity contribution >= 4 is 40.2 Å². The Bertz CT molecular complexity index is 643. The van der Waals surface area contributed by atoms with E-state index >= 15 is 0 Å². The van der Waals surface area contributed by atoms with Crippen LogP contribution in [0.4, 0.5) is 15.8 Å². The van der Waals surface area contributed by atoms with Crippen molar-refractivity contribution in [2.45, 2.75) is 6.92 Å². The zero-order valence-corrected chi connectivity index (χ0v) is 11.8. The Hall–Kier alpha value is -1.65. The van der Waals surface area contributed by atoms with Crippen molar-refractivity contribution in [2.24, 2.45) is 5.73 Å². The van der Waals surface area contributed by atoms with Crippen LogP contribution in [0.25, 0.3) is 0 Å². The van der Waals surface area contributed by atoms with Crippen molar-refractivity contribution in [2.75, 3.05) is 5.32 Å². The second-order valence-electron chi connectivity index (χ2n) is 4.14. The largest absolute Gasteiger partial charge is 0.389 e. The number of hydrogen-bond acceptors (Lipinski definition) is 2. The molecule has 3 N–H and O–H groups in total. The summed E-state index contributed by atoms with van der Waals surface area (Å²) in [4.78, 5) is 0.235. The fourth-order valence-electron chi connectivity index (χ4n) is 1.70. The van der Waals surface area contributed by atoms with Gasteiger partial charge in [-0.25, -0.2) is 4.39 Å². The molecule has 0 aliphatic heterocycles. The SMILES string of the molecule is Cc1ccc(F)cc1Nc1ccc(Cl)cc1C(N)=S. The Kier molecular flexibility index (Phi) is 4.02. The van der Waals surface area contributed by atoms with Gasteiger partial charge in [-0.05, 0) is 42.8 Å². The van der Waals surface area contributed by atoms with Gasteiger partial charge in [0.15, 0.2) is 0 Å². The molecule has 0 aliphatic rings. The third kappa shape index (κ3) is 3.22. The van der Waals surface area contributed by atoms with Gasteiger partial charge in [0.25, 0.3) is 0 Å². The molecule has 5 heteroatoms. The van der Waals surface area contributed by atoms with Crippen molar-refractivity contribution < 1.29 is 4.39 Å². The summed E-state index contributed by atoms with van der Waals surface area (Å²) in [5.41, 5.74) is 8.58. The lowest BCUT2D eigenvalue weighted by molar-refractivity contribution is 0.628. The molecule has 0 spiro atoms. The first-order valence-electron chi connectivity index (χ1n) is 5.60. The topological polar surface area (TPSA) is 38.0 Å². The van der Waals surface area contributed by atoms with Gasteiger partial charge in [-0.3, -0.25) is 0 Å². The summed E-state index contributed by atoms with van der Waals surface area (Å²) in [6.45, 7) is 1.89. The summed E-state index contributed by atoms with van der Waals surface area (Å²) in [5, 5.41) is 3.67. The van der Waals surface area contributed by atoms with Crippen LogP contribution in [-0.4, -0.2) is 4.99 Å². The first kappa shape index (κ1) is 13.8. The Balaban J connectivity index is 2.43. The maximum absolute atomic E-state index is 13.3. The number of thiocarbonyl (C=S) groups is 1. The number of hydrogen-bond donors (Lipinski definition) is 2. The van der Waals surface area contributed by atoms with Gasteiger partial charge in [-0.1, -0.05) is 29.9 Å². The van der Waals surface area contributed by atoms with Crippen LogP contribution in [0.2, 0.25) is 5.02 Å². The van der Waals surface area contributed by atoms with E-state index in [1.54, 1.807) is 24.3 Å². The normalized spacial score (nSPS) is 10.3. The lowest BCUT2D eigenvalue weighted by atomic mass is 10.1. The molecule has 2 rings (SSSR count). The highest BCUT2D eigenvalue weighted by Crippen LogP contribution is 2.26. The van der Waals surface area contributed by atoms with Crippen molar-refractivity contribution in [1.82, 2.24) is 0 Å². The molecule has 0 fully saturated rings. The van der Waals surface area contributed by atoms with Crippen LogP contribution in [0.15, 0.2) is 36.4 Å². The summed E-state index contributed by atoms with van der Waals surface area (Å²) < 4.78 is 13.3. The van der Waals surface area contributed by atoms with Crippen LogP contribution in [0.1, 0.15) is 11.1 Å². The molecule has 0 bridgehead atoms. The number of nitrogens with one attached hydrogen (secondary N) is 1. The fraction of sp³-hybridized carbons (Fsp3) is 0.0714. The van der Waals surface area contributed by atoms with Crippen LogP contribution in [0.5, 0.6) is 0 Å². The predicted octanol–water partition coefficient (Wildman–Crippen LogP) is 4.17. The molecule has 0 aromatic heterocycles. The molecule has 2 nitrogen and oxygen atoms in total. The first-order chi connectivity index (χ1) is 8.97. The first-order valence-corrected chi connectivity index (χ1v) is 6.38. The van der Waals surface area contributed by atoms with Gasteiger partial charge in [0.05, 0.1) is 0 Å². The molecule has 2 aromatic rings. The molecule has 0 heterocycles. The Labute approximate surface area is 121 Å². The van der Waals surface area contributed by atoms with Gasteiger partial charge in [-0.2, -0.15) is 0 Å². The number of benzene rings is 2. The van der Waals surface area contributed by atoms with E-state index in [1.165, 1.54) is 12.1 Å². The van der Waals surface area contributed by atoms with E-state index in [4.69, 9.17) is 29.6 Å². The molecule has 0 aliphatic carbocycles. The molecule has 98 valence electrons. The number of aryl methyl sites for hydroxylation is 1. The monoisotopic (exact) mass is 294 g/mol. The Morgan fingerprint density at radius 2 is 1.95 bits per heavy atom. The van der Waals surface area contributed by atoms with Gasteiger partial charge in [0.1, 0.15) is 10.8 Å². The highest BCUT2D eigenvalue weighted by molar-refractivity contribution is 7.80. The third-order valence-corrected chi connectivity index (χ3v) is 3.17. The fourth-order valence-corrected chi connectivity index (χ4v) is 2.04. The summed E-state index contributed by atoms with van der Waals surface area (Å²) in [6.07, 6.45) is 0. The van der Waals surface area contributed by atoms with Crippen molar-refractivity contribution in [1.29, 1.82) is 0 Å². The number of anilines is 2. The lowest BCUT2D eigenvalue weighted by Gasteiger charge is -2.13. The average Bonchev–Trinajstić information content (AvgIpc) is 2.35. The molecular weight excluding hydrogens is 283 g/mol. The molecule has 19 heavy (non-hydrogen) atoms. The predicted molar refractivity (Wildman–Crippen MR) is 81.8 cm³/mol. The summed E-state index contributed by atoms with van der Waals surface area (Å²) in [6, 6.07) is 9.71. The minimum absolute atomic E-state index is 0.235. The highest BCUT2D eigenvalue weighted by Gasteiger charge is 2.08. The maximum atomic E-state index is 13.3. The Morgan fingerprint density at radius 3 is 2.63 bits per heavy atom. The molecule has 0 saturated carbocycles. The van der Waals surface area contributed by atoms with Crippen molar-refractivity contribution in [3.63, 3.8) is 0 Å². The minimum Gasteiger partial charge on any atom is -0.389 e. The van der Waals surface area contributed by atoms with E-state index in [1.807, 2.05) is 6.92 Å². The van der Waals surface area contributed by atoms with Gasteiger partial charge in [-0.15, -0.1) is 0 Å². The van der Waals surface area contributed by atoms with Crippen LogP contribution in [0, 0.1) is 12.7 Å². The zero-order chi connectivity index (χ0) is 14.0. The summed E-state index contributed by atoms with van der Waals surface area (Å²) in [5.74, 6) is -0.307. The minimum atomic E-state index is -0.307. The molecule has 0 atom stereocenters. The van der Waals surface area contributed by atoms with Crippen LogP contribution in [0.3, 0.4) is 0 Å². The van der Waals surface area contributed by atoms with E-state index in [9.17, 15) is 4.39 Å². The van der Waals surface area contributed by atoms with E-state index < -0.39 is 0 Å². The van der Waals surface area contributed by atoms with Crippen molar-refractivity contribution in [3.8, 4) is 0 Å². The molecule has 0 radical (unpaired) electrons. The lowest BCUT2D eigenvalue weighted by Crippen LogP contribution is -2.12. The maximum Gasteiger partial charge on any atom is 0.125 e. The van der Waals surface area contributed by atoms with E-state index in [0.29, 0.717) is 22.0 Å². The Morgan fingerprint density at radius 1 is 1.21 bits per heavy atom. The number of rotatable bonds is 3. The molecule has 0 amide bonds. The molecule has 0 saturated heterocycles. The van der Waals surface area contributed by atoms with E-state index in [-0.39, 0.29) is 10.8 Å². The number of nitrogens with two attached hydrogens (primary N) is 1. The quantitative estimate of drug-likeness (QED) is 0.835. The molecule has 2 aromatic carbocycles. The van der Waals surface area contributed by atoms with E-state index in [2.05, 4.69) is 5.32 Å². The van der Waals surface area contributed by atoms with E-state index in [0.717, 1.165) is 5.56 Å². The molecule has 0 unspecified atom stereocenters. The zero-order valence-electron chi connectivity index (χ0n) is 10.2. The van der Waals surface area contributed by atoms with Crippen molar-refractivity contribution in [3.05, 3.63) is 58.4 Å². The van der Waals surface area contributed by atoms with Crippen LogP contribution in [-0.2, 0) is 0 Å². The smallest absolute Gasteiger partial charge is 0.125 e. The van der Waals surface area contributed by atoms with Crippen LogP contribution < -0.4 is 11.1 Å². The van der Waals surface area contributed by atoms with Crippen LogP contribution >= 0.6 is 23.8 Å². The second-order valence-corrected chi connectivity index (χ2v) is 5.01. The summed E-state index contributed by atoms with van der Waals surface area (Å²) in [7, 11) is 0. The third-order valence-electron chi connectivity index (χ3n) is 2.72. The van der Waals surface area contributed by atoms with Gasteiger partial charge in [0.2, 0.25) is 0 Å². The van der Waals surface area contributed by atoms with Gasteiger partial charge < -0.3 is 11.1 Å². The summed E-state index contributed by atoms with van der Waals surface area (Å²) >= 11 is 10.9. The number of halogens is 2. The standard InChI is InChI=1S/C14H12ClFN2S/c1-8-2-4-10(16)7-13(8)18-12-5-3-9(15)6-11(12)14(17)19/h2-7,18H,1H3,(H2,17,19). The van der Waals surface area contributed by atoms with Gasteiger partial charge in [0, 0.05) is 22.0 Å². The average molecular weight is 295 g/mol.